The molecule has 2 heteroatoms. The summed E-state index contributed by atoms with van der Waals surface area (Å²) in [6.45, 7) is 2.38. The minimum atomic E-state index is -0.361. The van der Waals surface area contributed by atoms with Crippen LogP contribution in [0.15, 0.2) is 48.5 Å². The van der Waals surface area contributed by atoms with Gasteiger partial charge in [0.25, 0.3) is 0 Å². The smallest absolute Gasteiger partial charge is 0.141 e. The summed E-state index contributed by atoms with van der Waals surface area (Å²) in [5.41, 5.74) is 2.73. The average Bonchev–Trinajstić information content (AvgIpc) is 2.80. The highest BCUT2D eigenvalue weighted by molar-refractivity contribution is 5.35. The summed E-state index contributed by atoms with van der Waals surface area (Å²) in [6.07, 6.45) is 11.8. The zero-order chi connectivity index (χ0) is 20.9. The summed E-state index contributed by atoms with van der Waals surface area (Å²) < 4.78 is 14.0. The molecule has 1 atom stereocenters. The van der Waals surface area contributed by atoms with Gasteiger partial charge in [-0.05, 0) is 97.8 Å². The molecule has 0 amide bonds. The third-order valence-corrected chi connectivity index (χ3v) is 7.97. The maximum Gasteiger partial charge on any atom is 0.141 e. The van der Waals surface area contributed by atoms with E-state index < -0.39 is 0 Å². The van der Waals surface area contributed by atoms with Gasteiger partial charge in [-0.15, -0.1) is 0 Å². The number of nitrogens with zero attached hydrogens (tertiary/aromatic N) is 1. The number of halogens is 1. The molecular formula is C28H34FN. The summed E-state index contributed by atoms with van der Waals surface area (Å²) in [6, 6.07) is 18.1. The predicted octanol–water partition coefficient (Wildman–Crippen LogP) is 7.97. The highest BCUT2D eigenvalue weighted by Gasteiger charge is 2.31. The first-order chi connectivity index (χ1) is 14.6. The summed E-state index contributed by atoms with van der Waals surface area (Å²) in [5, 5.41) is 8.93. The van der Waals surface area contributed by atoms with Crippen molar-refractivity contribution in [2.24, 2.45) is 17.8 Å². The Morgan fingerprint density at radius 3 is 2.13 bits per heavy atom. The SMILES string of the molecule is C[C@H](CC1CCC(C2CCC(c3ccc(C#N)c(F)c3)CC2)CC1)c1ccccc1. The molecule has 2 aliphatic carbocycles. The third kappa shape index (κ3) is 4.94. The van der Waals surface area contributed by atoms with E-state index in [-0.39, 0.29) is 11.4 Å². The van der Waals surface area contributed by atoms with Gasteiger partial charge in [-0.25, -0.2) is 4.39 Å². The van der Waals surface area contributed by atoms with Crippen LogP contribution in [0.1, 0.15) is 93.2 Å². The third-order valence-electron chi connectivity index (χ3n) is 7.97. The van der Waals surface area contributed by atoms with Crippen LogP contribution < -0.4 is 0 Å². The van der Waals surface area contributed by atoms with Crippen LogP contribution in [0.3, 0.4) is 0 Å². The lowest BCUT2D eigenvalue weighted by molar-refractivity contribution is 0.154. The van der Waals surface area contributed by atoms with E-state index in [1.807, 2.05) is 12.1 Å². The molecule has 2 aromatic carbocycles. The number of nitriles is 1. The normalized spacial score (nSPS) is 27.9. The standard InChI is InChI=1S/C28H34FN/c1-20(22-5-3-2-4-6-22)17-21-7-9-23(10-8-21)24-11-13-25(14-12-24)26-15-16-27(19-30)28(29)18-26/h2-6,15-16,18,20-21,23-25H,7-14,17H2,1H3/t20-,21?,23?,24?,25?/m1/s1. The first kappa shape index (κ1) is 21.1. The summed E-state index contributed by atoms with van der Waals surface area (Å²) in [5.74, 6) is 3.40. The molecule has 158 valence electrons. The van der Waals surface area contributed by atoms with Crippen LogP contribution in [0.5, 0.6) is 0 Å². The molecule has 0 radical (unpaired) electrons. The molecule has 4 rings (SSSR count). The van der Waals surface area contributed by atoms with E-state index >= 15 is 0 Å². The van der Waals surface area contributed by atoms with Crippen LogP contribution in [0.25, 0.3) is 0 Å². The fraction of sp³-hybridized carbons (Fsp3) is 0.536. The molecule has 2 fully saturated rings. The number of hydrogen-bond donors (Lipinski definition) is 0. The van der Waals surface area contributed by atoms with Crippen molar-refractivity contribution in [1.29, 1.82) is 5.26 Å². The lowest BCUT2D eigenvalue weighted by atomic mass is 9.67. The first-order valence-corrected chi connectivity index (χ1v) is 11.9. The number of benzene rings is 2. The van der Waals surface area contributed by atoms with Crippen molar-refractivity contribution in [1.82, 2.24) is 0 Å². The largest absolute Gasteiger partial charge is 0.206 e. The Balaban J connectivity index is 1.24. The van der Waals surface area contributed by atoms with E-state index in [0.29, 0.717) is 11.8 Å². The average molecular weight is 404 g/mol. The van der Waals surface area contributed by atoms with E-state index in [9.17, 15) is 4.39 Å². The van der Waals surface area contributed by atoms with Crippen molar-refractivity contribution < 1.29 is 4.39 Å². The Labute approximate surface area is 181 Å². The van der Waals surface area contributed by atoms with Crippen LogP contribution in [-0.4, -0.2) is 0 Å². The monoisotopic (exact) mass is 403 g/mol. The molecule has 2 aliphatic rings. The van der Waals surface area contributed by atoms with Gasteiger partial charge in [0, 0.05) is 0 Å². The van der Waals surface area contributed by atoms with E-state index in [4.69, 9.17) is 5.26 Å². The van der Waals surface area contributed by atoms with Gasteiger partial charge in [0.15, 0.2) is 0 Å². The van der Waals surface area contributed by atoms with Gasteiger partial charge in [0.1, 0.15) is 11.9 Å². The molecule has 0 unspecified atom stereocenters. The molecule has 0 spiro atoms. The molecule has 0 heterocycles. The number of rotatable bonds is 5. The first-order valence-electron chi connectivity index (χ1n) is 11.9. The molecule has 0 N–H and O–H groups in total. The fourth-order valence-electron chi connectivity index (χ4n) is 6.11. The van der Waals surface area contributed by atoms with E-state index in [1.165, 1.54) is 63.4 Å². The van der Waals surface area contributed by atoms with Crippen LogP contribution in [-0.2, 0) is 0 Å². The van der Waals surface area contributed by atoms with Gasteiger partial charge in [0.05, 0.1) is 5.56 Å². The van der Waals surface area contributed by atoms with Gasteiger partial charge in [-0.3, -0.25) is 0 Å². The van der Waals surface area contributed by atoms with Gasteiger partial charge >= 0.3 is 0 Å². The summed E-state index contributed by atoms with van der Waals surface area (Å²) in [7, 11) is 0. The van der Waals surface area contributed by atoms with Crippen LogP contribution in [0.2, 0.25) is 0 Å². The van der Waals surface area contributed by atoms with Gasteiger partial charge in [-0.2, -0.15) is 5.26 Å². The van der Waals surface area contributed by atoms with Crippen LogP contribution in [0, 0.1) is 34.9 Å². The Morgan fingerprint density at radius 2 is 1.53 bits per heavy atom. The van der Waals surface area contributed by atoms with Gasteiger partial charge < -0.3 is 0 Å². The topological polar surface area (TPSA) is 23.8 Å². The molecule has 0 bridgehead atoms. The predicted molar refractivity (Wildman–Crippen MR) is 121 cm³/mol. The maximum absolute atomic E-state index is 14.0. The highest BCUT2D eigenvalue weighted by Crippen LogP contribution is 2.45. The molecule has 2 saturated carbocycles. The molecule has 0 aliphatic heterocycles. The van der Waals surface area contributed by atoms with Crippen molar-refractivity contribution in [2.75, 3.05) is 0 Å². The van der Waals surface area contributed by atoms with Crippen molar-refractivity contribution >= 4 is 0 Å². The second-order valence-electron chi connectivity index (χ2n) is 9.79. The number of hydrogen-bond acceptors (Lipinski definition) is 1. The maximum atomic E-state index is 14.0. The van der Waals surface area contributed by atoms with Crippen molar-refractivity contribution in [2.45, 2.75) is 76.5 Å². The van der Waals surface area contributed by atoms with Crippen molar-refractivity contribution in [3.63, 3.8) is 0 Å². The molecule has 30 heavy (non-hydrogen) atoms. The van der Waals surface area contributed by atoms with Crippen molar-refractivity contribution in [3.8, 4) is 6.07 Å². The molecular weight excluding hydrogens is 369 g/mol. The molecule has 0 saturated heterocycles. The minimum absolute atomic E-state index is 0.158. The van der Waals surface area contributed by atoms with Crippen LogP contribution >= 0.6 is 0 Å². The molecule has 0 aromatic heterocycles. The van der Waals surface area contributed by atoms with E-state index in [1.54, 1.807) is 12.1 Å². The Morgan fingerprint density at radius 1 is 0.900 bits per heavy atom. The molecule has 1 nitrogen and oxygen atoms in total. The second kappa shape index (κ2) is 9.78. The Hall–Kier alpha value is -2.14. The fourth-order valence-corrected chi connectivity index (χ4v) is 6.11. The quantitative estimate of drug-likeness (QED) is 0.496. The van der Waals surface area contributed by atoms with Crippen molar-refractivity contribution in [3.05, 3.63) is 71.0 Å². The van der Waals surface area contributed by atoms with E-state index in [2.05, 4.69) is 37.3 Å². The van der Waals surface area contributed by atoms with Gasteiger partial charge in [-0.1, -0.05) is 56.2 Å². The lowest BCUT2D eigenvalue weighted by Gasteiger charge is -2.38. The van der Waals surface area contributed by atoms with Gasteiger partial charge in [0.2, 0.25) is 0 Å². The second-order valence-corrected chi connectivity index (χ2v) is 9.79. The zero-order valence-corrected chi connectivity index (χ0v) is 18.2. The van der Waals surface area contributed by atoms with E-state index in [0.717, 1.165) is 23.3 Å². The molecule has 2 aromatic rings. The summed E-state index contributed by atoms with van der Waals surface area (Å²) >= 11 is 0. The van der Waals surface area contributed by atoms with Crippen LogP contribution in [0.4, 0.5) is 4.39 Å². The zero-order valence-electron chi connectivity index (χ0n) is 18.2. The Kier molecular flexibility index (Phi) is 6.88. The lowest BCUT2D eigenvalue weighted by Crippen LogP contribution is -2.26. The highest BCUT2D eigenvalue weighted by atomic mass is 19.1. The summed E-state index contributed by atoms with van der Waals surface area (Å²) in [4.78, 5) is 0. The Bertz CT molecular complexity index is 852. The minimum Gasteiger partial charge on any atom is -0.206 e.